The van der Waals surface area contributed by atoms with Gasteiger partial charge in [-0.3, -0.25) is 0 Å². The number of aryl methyl sites for hydroxylation is 1. The molecular formula is C17H19N3S. The first-order valence-electron chi connectivity index (χ1n) is 7.32. The van der Waals surface area contributed by atoms with Gasteiger partial charge in [0.25, 0.3) is 0 Å². The second-order valence-corrected chi connectivity index (χ2v) is 6.65. The minimum Gasteiger partial charge on any atom is -0.351 e. The van der Waals surface area contributed by atoms with Crippen LogP contribution in [0.15, 0.2) is 23.7 Å². The predicted molar refractivity (Wildman–Crippen MR) is 87.7 cm³/mol. The Labute approximate surface area is 130 Å². The lowest BCUT2D eigenvalue weighted by molar-refractivity contribution is 0.683. The molecule has 21 heavy (non-hydrogen) atoms. The van der Waals surface area contributed by atoms with Crippen molar-refractivity contribution in [2.75, 3.05) is 4.90 Å². The highest BCUT2D eigenvalue weighted by molar-refractivity contribution is 7.09. The van der Waals surface area contributed by atoms with Gasteiger partial charge in [0, 0.05) is 29.2 Å². The summed E-state index contributed by atoms with van der Waals surface area (Å²) in [5.74, 6) is 7.27. The Morgan fingerprint density at radius 1 is 1.19 bits per heavy atom. The van der Waals surface area contributed by atoms with Gasteiger partial charge in [0.1, 0.15) is 11.5 Å². The van der Waals surface area contributed by atoms with Gasteiger partial charge in [0.05, 0.1) is 5.01 Å². The lowest BCUT2D eigenvalue weighted by Crippen LogP contribution is -2.33. The highest BCUT2D eigenvalue weighted by Crippen LogP contribution is 2.28. The fourth-order valence-corrected chi connectivity index (χ4v) is 3.36. The van der Waals surface area contributed by atoms with Crippen molar-refractivity contribution in [1.29, 1.82) is 0 Å². The molecule has 3 heterocycles. The van der Waals surface area contributed by atoms with Crippen LogP contribution in [0.2, 0.25) is 0 Å². The van der Waals surface area contributed by atoms with E-state index in [1.54, 1.807) is 11.3 Å². The molecule has 4 heteroatoms. The van der Waals surface area contributed by atoms with Crippen molar-refractivity contribution in [2.24, 2.45) is 0 Å². The molecule has 0 amide bonds. The molecule has 0 bridgehead atoms. The lowest BCUT2D eigenvalue weighted by atomic mass is 10.2. The van der Waals surface area contributed by atoms with Crippen molar-refractivity contribution in [3.8, 4) is 11.8 Å². The number of thiazole rings is 1. The SMILES string of the molecule is Cc1nc(C#Cc2ccc(N3C(C)CCC3C)nc2)cs1. The third-order valence-corrected chi connectivity index (χ3v) is 4.69. The van der Waals surface area contributed by atoms with Gasteiger partial charge in [0.15, 0.2) is 0 Å². The molecule has 0 radical (unpaired) electrons. The summed E-state index contributed by atoms with van der Waals surface area (Å²) in [6.07, 6.45) is 4.35. The molecule has 0 spiro atoms. The van der Waals surface area contributed by atoms with Crippen LogP contribution in [-0.4, -0.2) is 22.1 Å². The molecule has 1 saturated heterocycles. The second kappa shape index (κ2) is 5.87. The van der Waals surface area contributed by atoms with Gasteiger partial charge in [-0.05, 0) is 51.7 Å². The summed E-state index contributed by atoms with van der Waals surface area (Å²) in [7, 11) is 0. The molecule has 3 nitrogen and oxygen atoms in total. The van der Waals surface area contributed by atoms with Gasteiger partial charge in [-0.1, -0.05) is 5.92 Å². The van der Waals surface area contributed by atoms with E-state index in [4.69, 9.17) is 0 Å². The van der Waals surface area contributed by atoms with Crippen molar-refractivity contribution < 1.29 is 0 Å². The zero-order chi connectivity index (χ0) is 14.8. The van der Waals surface area contributed by atoms with Crippen molar-refractivity contribution in [1.82, 2.24) is 9.97 Å². The molecule has 0 aliphatic carbocycles. The van der Waals surface area contributed by atoms with Crippen LogP contribution in [0.5, 0.6) is 0 Å². The van der Waals surface area contributed by atoms with E-state index in [1.165, 1.54) is 12.8 Å². The smallest absolute Gasteiger partial charge is 0.129 e. The Hall–Kier alpha value is -1.86. The molecule has 108 valence electrons. The molecule has 1 aliphatic rings. The van der Waals surface area contributed by atoms with Gasteiger partial charge in [-0.25, -0.2) is 9.97 Å². The van der Waals surface area contributed by atoms with E-state index in [9.17, 15) is 0 Å². The second-order valence-electron chi connectivity index (χ2n) is 5.59. The number of hydrogen-bond acceptors (Lipinski definition) is 4. The van der Waals surface area contributed by atoms with Crippen LogP contribution in [0.25, 0.3) is 0 Å². The molecule has 2 aromatic heterocycles. The molecular weight excluding hydrogens is 278 g/mol. The summed E-state index contributed by atoms with van der Waals surface area (Å²) in [6.45, 7) is 6.53. The Morgan fingerprint density at radius 3 is 2.52 bits per heavy atom. The van der Waals surface area contributed by atoms with Gasteiger partial charge in [0.2, 0.25) is 0 Å². The van der Waals surface area contributed by atoms with Gasteiger partial charge in [-0.2, -0.15) is 0 Å². The van der Waals surface area contributed by atoms with Crippen molar-refractivity contribution in [3.05, 3.63) is 40.0 Å². The predicted octanol–water partition coefficient (Wildman–Crippen LogP) is 3.62. The van der Waals surface area contributed by atoms with Gasteiger partial charge >= 0.3 is 0 Å². The van der Waals surface area contributed by atoms with Crippen LogP contribution in [0.1, 0.15) is 43.0 Å². The first-order valence-corrected chi connectivity index (χ1v) is 8.20. The Morgan fingerprint density at radius 2 is 1.95 bits per heavy atom. The highest BCUT2D eigenvalue weighted by atomic mass is 32.1. The largest absolute Gasteiger partial charge is 0.351 e. The standard InChI is InChI=1S/C17H19N3S/c1-12-4-5-13(2)20(12)17-9-7-15(10-18-17)6-8-16-11-21-14(3)19-16/h7,9-13H,4-5H2,1-3H3. The molecule has 0 aromatic carbocycles. The number of aromatic nitrogens is 2. The quantitative estimate of drug-likeness (QED) is 0.753. The zero-order valence-electron chi connectivity index (χ0n) is 12.6. The fraction of sp³-hybridized carbons (Fsp3) is 0.412. The molecule has 2 unspecified atom stereocenters. The van der Waals surface area contributed by atoms with E-state index in [0.29, 0.717) is 12.1 Å². The maximum Gasteiger partial charge on any atom is 0.129 e. The van der Waals surface area contributed by atoms with Crippen LogP contribution in [0, 0.1) is 18.8 Å². The topological polar surface area (TPSA) is 29.0 Å². The summed E-state index contributed by atoms with van der Waals surface area (Å²) in [5.41, 5.74) is 1.77. The number of pyridine rings is 1. The Balaban J connectivity index is 1.77. The average molecular weight is 297 g/mol. The maximum absolute atomic E-state index is 4.58. The van der Waals surface area contributed by atoms with Gasteiger partial charge in [-0.15, -0.1) is 11.3 Å². The molecule has 0 saturated carbocycles. The molecule has 2 atom stereocenters. The minimum atomic E-state index is 0.572. The number of anilines is 1. The first kappa shape index (κ1) is 14.1. The molecule has 1 aliphatic heterocycles. The van der Waals surface area contributed by atoms with E-state index in [-0.39, 0.29) is 0 Å². The van der Waals surface area contributed by atoms with Crippen LogP contribution in [0.4, 0.5) is 5.82 Å². The van der Waals surface area contributed by atoms with E-state index < -0.39 is 0 Å². The van der Waals surface area contributed by atoms with E-state index in [1.807, 2.05) is 24.6 Å². The summed E-state index contributed by atoms with van der Waals surface area (Å²) in [5, 5.41) is 3.03. The summed E-state index contributed by atoms with van der Waals surface area (Å²) >= 11 is 1.62. The third-order valence-electron chi connectivity index (χ3n) is 3.92. The number of rotatable bonds is 1. The fourth-order valence-electron chi connectivity index (χ4n) is 2.82. The summed E-state index contributed by atoms with van der Waals surface area (Å²) < 4.78 is 0. The van der Waals surface area contributed by atoms with Crippen LogP contribution in [-0.2, 0) is 0 Å². The molecule has 3 rings (SSSR count). The minimum absolute atomic E-state index is 0.572. The van der Waals surface area contributed by atoms with E-state index in [0.717, 1.165) is 22.1 Å². The molecule has 2 aromatic rings. The first-order chi connectivity index (χ1) is 10.1. The van der Waals surface area contributed by atoms with E-state index in [2.05, 4.69) is 46.6 Å². The molecule has 0 N–H and O–H groups in total. The van der Waals surface area contributed by atoms with Crippen molar-refractivity contribution in [3.63, 3.8) is 0 Å². The maximum atomic E-state index is 4.58. The van der Waals surface area contributed by atoms with Crippen LogP contribution >= 0.6 is 11.3 Å². The third kappa shape index (κ3) is 3.08. The Bertz CT molecular complexity index is 668. The number of hydrogen-bond donors (Lipinski definition) is 0. The monoisotopic (exact) mass is 297 g/mol. The van der Waals surface area contributed by atoms with Crippen molar-refractivity contribution in [2.45, 2.75) is 45.7 Å². The Kier molecular flexibility index (Phi) is 3.94. The average Bonchev–Trinajstić information content (AvgIpc) is 3.04. The summed E-state index contributed by atoms with van der Waals surface area (Å²) in [4.78, 5) is 11.3. The number of nitrogens with zero attached hydrogens (tertiary/aromatic N) is 3. The normalized spacial score (nSPS) is 21.2. The van der Waals surface area contributed by atoms with Gasteiger partial charge < -0.3 is 4.90 Å². The van der Waals surface area contributed by atoms with Crippen molar-refractivity contribution >= 4 is 17.2 Å². The molecule has 1 fully saturated rings. The van der Waals surface area contributed by atoms with Crippen LogP contribution < -0.4 is 4.90 Å². The van der Waals surface area contributed by atoms with E-state index >= 15 is 0 Å². The zero-order valence-corrected chi connectivity index (χ0v) is 13.4. The highest BCUT2D eigenvalue weighted by Gasteiger charge is 2.27. The lowest BCUT2D eigenvalue weighted by Gasteiger charge is -2.27. The summed E-state index contributed by atoms with van der Waals surface area (Å²) in [6, 6.07) is 5.27. The van der Waals surface area contributed by atoms with Crippen LogP contribution in [0.3, 0.4) is 0 Å².